The van der Waals surface area contributed by atoms with Gasteiger partial charge in [-0.3, -0.25) is 4.79 Å². The van der Waals surface area contributed by atoms with E-state index in [0.29, 0.717) is 29.5 Å². The predicted molar refractivity (Wildman–Crippen MR) is 105 cm³/mol. The Balaban J connectivity index is 1.66. The number of benzene rings is 1. The number of hydrogen-bond acceptors (Lipinski definition) is 4. The van der Waals surface area contributed by atoms with Crippen LogP contribution in [0.25, 0.3) is 0 Å². The average Bonchev–Trinajstić information content (AvgIpc) is 3.14. The number of aliphatic hydroxyl groups is 1. The van der Waals surface area contributed by atoms with Crippen LogP contribution >= 0.6 is 35.4 Å². The largest absolute Gasteiger partial charge is 0.440 e. The van der Waals surface area contributed by atoms with Gasteiger partial charge in [0.05, 0.1) is 11.6 Å². The maximum atomic E-state index is 12.3. The summed E-state index contributed by atoms with van der Waals surface area (Å²) < 4.78 is 5.14. The lowest BCUT2D eigenvalue weighted by atomic mass is 10.0. The van der Waals surface area contributed by atoms with Crippen molar-refractivity contribution < 1.29 is 14.3 Å². The first-order valence-electron chi connectivity index (χ1n) is 8.09. The number of carbonyl (C=O) groups is 1. The van der Waals surface area contributed by atoms with Crippen molar-refractivity contribution in [3.8, 4) is 0 Å². The lowest BCUT2D eigenvalue weighted by molar-refractivity contribution is 0.0900. The highest BCUT2D eigenvalue weighted by molar-refractivity contribution is 7.80. The van der Waals surface area contributed by atoms with Crippen molar-refractivity contribution in [3.05, 3.63) is 58.0 Å². The molecule has 2 heterocycles. The zero-order valence-electron chi connectivity index (χ0n) is 14.0. The predicted octanol–water partition coefficient (Wildman–Crippen LogP) is 3.84. The molecule has 138 valence electrons. The molecule has 0 radical (unpaired) electrons. The van der Waals surface area contributed by atoms with Crippen LogP contribution in [0.4, 0.5) is 0 Å². The van der Waals surface area contributed by atoms with E-state index in [1.54, 1.807) is 18.2 Å². The Labute approximate surface area is 166 Å². The zero-order valence-corrected chi connectivity index (χ0v) is 16.4. The van der Waals surface area contributed by atoms with Gasteiger partial charge in [0.15, 0.2) is 11.0 Å². The standard InChI is InChI=1S/C18H18Cl2N2O3S/c1-18(21-16(24)14-5-6-15(20)25-14)7-8-22(17(18)26)10-13(23)11-3-2-4-12(19)9-11/h2-6,9,13,23H,7-8,10H2,1H3,(H,21,24). The van der Waals surface area contributed by atoms with Crippen LogP contribution in [0.3, 0.4) is 0 Å². The SMILES string of the molecule is CC1(NC(=O)c2ccc(Cl)o2)CCN(CC(O)c2cccc(Cl)c2)C1=S. The van der Waals surface area contributed by atoms with Crippen molar-refractivity contribution in [1.29, 1.82) is 0 Å². The fourth-order valence-electron chi connectivity index (χ4n) is 2.98. The first-order valence-corrected chi connectivity index (χ1v) is 9.26. The Morgan fingerprint density at radius 1 is 1.42 bits per heavy atom. The van der Waals surface area contributed by atoms with Gasteiger partial charge in [-0.1, -0.05) is 36.0 Å². The second-order valence-corrected chi connectivity index (χ2v) is 7.66. The molecule has 1 saturated heterocycles. The number of nitrogens with one attached hydrogen (secondary N) is 1. The fourth-order valence-corrected chi connectivity index (χ4v) is 3.65. The van der Waals surface area contributed by atoms with Gasteiger partial charge in [0.1, 0.15) is 4.99 Å². The first-order chi connectivity index (χ1) is 12.3. The molecule has 1 aromatic carbocycles. The van der Waals surface area contributed by atoms with Gasteiger partial charge in [-0.2, -0.15) is 0 Å². The van der Waals surface area contributed by atoms with Gasteiger partial charge in [0.2, 0.25) is 0 Å². The summed E-state index contributed by atoms with van der Waals surface area (Å²) in [5.74, 6) is -0.240. The molecule has 1 aliphatic heterocycles. The van der Waals surface area contributed by atoms with Crippen LogP contribution in [0.15, 0.2) is 40.8 Å². The fraction of sp³-hybridized carbons (Fsp3) is 0.333. The van der Waals surface area contributed by atoms with Crippen LogP contribution in [-0.4, -0.2) is 39.5 Å². The molecule has 2 aromatic rings. The Morgan fingerprint density at radius 3 is 2.85 bits per heavy atom. The third-order valence-electron chi connectivity index (χ3n) is 4.45. The number of hydrogen-bond donors (Lipinski definition) is 2. The first kappa shape index (κ1) is 19.2. The molecule has 2 N–H and O–H groups in total. The van der Waals surface area contributed by atoms with Crippen molar-refractivity contribution in [3.63, 3.8) is 0 Å². The smallest absolute Gasteiger partial charge is 0.287 e. The molecule has 1 fully saturated rings. The molecule has 5 nitrogen and oxygen atoms in total. The molecule has 2 atom stereocenters. The molecule has 8 heteroatoms. The van der Waals surface area contributed by atoms with Crippen molar-refractivity contribution in [2.75, 3.05) is 13.1 Å². The van der Waals surface area contributed by atoms with Crippen LogP contribution in [0.1, 0.15) is 35.6 Å². The van der Waals surface area contributed by atoms with Crippen LogP contribution in [-0.2, 0) is 0 Å². The van der Waals surface area contributed by atoms with Crippen LogP contribution in [0.5, 0.6) is 0 Å². The summed E-state index contributed by atoms with van der Waals surface area (Å²) in [6.07, 6.45) is -0.0950. The van der Waals surface area contributed by atoms with E-state index in [2.05, 4.69) is 5.32 Å². The molecule has 0 aliphatic carbocycles. The monoisotopic (exact) mass is 412 g/mol. The number of likely N-dealkylation sites (tertiary alicyclic amines) is 1. The van der Waals surface area contributed by atoms with Crippen LogP contribution < -0.4 is 5.32 Å². The Hall–Kier alpha value is -1.60. The third-order valence-corrected chi connectivity index (χ3v) is 5.60. The number of aliphatic hydroxyl groups excluding tert-OH is 1. The summed E-state index contributed by atoms with van der Waals surface area (Å²) in [4.78, 5) is 14.8. The number of furan rings is 1. The van der Waals surface area contributed by atoms with E-state index in [0.717, 1.165) is 5.56 Å². The highest BCUT2D eigenvalue weighted by atomic mass is 35.5. The lowest BCUT2D eigenvalue weighted by Crippen LogP contribution is -2.51. The second-order valence-electron chi connectivity index (χ2n) is 6.46. The van der Waals surface area contributed by atoms with Crippen molar-refractivity contribution in [2.24, 2.45) is 0 Å². The average molecular weight is 413 g/mol. The molecule has 1 aromatic heterocycles. The molecule has 1 aliphatic rings. The number of nitrogens with zero attached hydrogens (tertiary/aromatic N) is 1. The Bertz CT molecular complexity index is 841. The second kappa shape index (κ2) is 7.56. The normalized spacial score (nSPS) is 21.1. The molecule has 0 spiro atoms. The van der Waals surface area contributed by atoms with Gasteiger partial charge in [-0.05, 0) is 54.8 Å². The van der Waals surface area contributed by atoms with Crippen molar-refractivity contribution >= 4 is 46.3 Å². The number of carbonyl (C=O) groups excluding carboxylic acids is 1. The number of β-amino-alcohol motifs (C(OH)–C–C–N with tert-alkyl or cyclic N) is 1. The number of rotatable bonds is 5. The number of amides is 1. The van der Waals surface area contributed by atoms with E-state index in [1.807, 2.05) is 17.9 Å². The van der Waals surface area contributed by atoms with Crippen LogP contribution in [0, 0.1) is 0 Å². The van der Waals surface area contributed by atoms with E-state index in [1.165, 1.54) is 12.1 Å². The summed E-state index contributed by atoms with van der Waals surface area (Å²) in [5.41, 5.74) is 0.0304. The minimum absolute atomic E-state index is 0.136. The van der Waals surface area contributed by atoms with Gasteiger partial charge >= 0.3 is 0 Å². The Morgan fingerprint density at radius 2 is 2.19 bits per heavy atom. The lowest BCUT2D eigenvalue weighted by Gasteiger charge is -2.28. The number of thiocarbonyl (C=S) groups is 1. The van der Waals surface area contributed by atoms with Gasteiger partial charge in [0.25, 0.3) is 5.91 Å². The molecule has 26 heavy (non-hydrogen) atoms. The molecule has 0 saturated carbocycles. The van der Waals surface area contributed by atoms with Crippen LogP contribution in [0.2, 0.25) is 10.2 Å². The quantitative estimate of drug-likeness (QED) is 0.730. The topological polar surface area (TPSA) is 65.7 Å². The van der Waals surface area contributed by atoms with Crippen molar-refractivity contribution in [1.82, 2.24) is 10.2 Å². The minimum Gasteiger partial charge on any atom is -0.440 e. The molecule has 3 rings (SSSR count). The summed E-state index contributed by atoms with van der Waals surface area (Å²) >= 11 is 17.3. The number of halogens is 2. The van der Waals surface area contributed by atoms with E-state index in [9.17, 15) is 9.90 Å². The molecule has 0 bridgehead atoms. The van der Waals surface area contributed by atoms with E-state index >= 15 is 0 Å². The van der Waals surface area contributed by atoms with Gasteiger partial charge < -0.3 is 19.7 Å². The molecular weight excluding hydrogens is 395 g/mol. The highest BCUT2D eigenvalue weighted by Crippen LogP contribution is 2.28. The van der Waals surface area contributed by atoms with Crippen molar-refractivity contribution in [2.45, 2.75) is 25.0 Å². The third kappa shape index (κ3) is 4.04. The zero-order chi connectivity index (χ0) is 18.9. The van der Waals surface area contributed by atoms with E-state index in [4.69, 9.17) is 39.8 Å². The molecule has 2 unspecified atom stereocenters. The maximum Gasteiger partial charge on any atom is 0.287 e. The molecular formula is C18H18Cl2N2O3S. The van der Waals surface area contributed by atoms with Gasteiger partial charge in [0, 0.05) is 18.1 Å². The van der Waals surface area contributed by atoms with E-state index in [-0.39, 0.29) is 16.9 Å². The summed E-state index contributed by atoms with van der Waals surface area (Å²) in [5, 5.41) is 14.1. The summed E-state index contributed by atoms with van der Waals surface area (Å²) in [6.45, 7) is 2.83. The highest BCUT2D eigenvalue weighted by Gasteiger charge is 2.41. The summed E-state index contributed by atoms with van der Waals surface area (Å²) in [6, 6.07) is 10.1. The molecule has 1 amide bonds. The van der Waals surface area contributed by atoms with E-state index < -0.39 is 11.6 Å². The maximum absolute atomic E-state index is 12.3. The minimum atomic E-state index is -0.728. The van der Waals surface area contributed by atoms with Gasteiger partial charge in [-0.25, -0.2) is 0 Å². The van der Waals surface area contributed by atoms with Gasteiger partial charge in [-0.15, -0.1) is 0 Å². The summed E-state index contributed by atoms with van der Waals surface area (Å²) in [7, 11) is 0. The Kier molecular flexibility index (Phi) is 5.58.